The lowest BCUT2D eigenvalue weighted by molar-refractivity contribution is -0.123. The van der Waals surface area contributed by atoms with E-state index in [4.69, 9.17) is 0 Å². The van der Waals surface area contributed by atoms with Gasteiger partial charge in [-0.15, -0.1) is 0 Å². The monoisotopic (exact) mass is 349 g/mol. The third-order valence-corrected chi connectivity index (χ3v) is 4.76. The number of nitrogens with one attached hydrogen (secondary N) is 3. The standard InChI is InChI=1S/C18H31N5O2/c1-12(2)17(24)19-9-10-20-18(25)23-11-7-5-6-8-15(23)16-13(3)21-22-14(16)4/h12,15H,5-11H2,1-4H3,(H,19,24)(H,20,25)(H,21,22)/t15-/m1/s1. The van der Waals surface area contributed by atoms with E-state index in [-0.39, 0.29) is 23.9 Å². The largest absolute Gasteiger partial charge is 0.354 e. The topological polar surface area (TPSA) is 90.1 Å². The third-order valence-electron chi connectivity index (χ3n) is 4.76. The Morgan fingerprint density at radius 1 is 1.20 bits per heavy atom. The molecule has 0 unspecified atom stereocenters. The molecule has 0 spiro atoms. The average Bonchev–Trinajstić information content (AvgIpc) is 2.77. The molecule has 1 aliphatic rings. The van der Waals surface area contributed by atoms with Crippen LogP contribution in [-0.4, -0.2) is 46.7 Å². The van der Waals surface area contributed by atoms with Crippen molar-refractivity contribution in [3.63, 3.8) is 0 Å². The van der Waals surface area contributed by atoms with E-state index in [1.165, 1.54) is 0 Å². The zero-order chi connectivity index (χ0) is 18.4. The van der Waals surface area contributed by atoms with Gasteiger partial charge < -0.3 is 15.5 Å². The Labute approximate surface area is 149 Å². The van der Waals surface area contributed by atoms with Crippen LogP contribution in [0, 0.1) is 19.8 Å². The molecule has 0 radical (unpaired) electrons. The van der Waals surface area contributed by atoms with E-state index in [0.29, 0.717) is 13.1 Å². The molecular formula is C18H31N5O2. The second-order valence-corrected chi connectivity index (χ2v) is 7.08. The van der Waals surface area contributed by atoms with Gasteiger partial charge in [-0.25, -0.2) is 4.79 Å². The van der Waals surface area contributed by atoms with E-state index in [1.807, 2.05) is 32.6 Å². The number of urea groups is 1. The Kier molecular flexibility index (Phi) is 6.84. The molecule has 3 amide bonds. The van der Waals surface area contributed by atoms with Gasteiger partial charge in [0.2, 0.25) is 5.91 Å². The number of H-pyrrole nitrogens is 1. The number of aromatic nitrogens is 2. The fraction of sp³-hybridized carbons (Fsp3) is 0.722. The fourth-order valence-electron chi connectivity index (χ4n) is 3.36. The zero-order valence-corrected chi connectivity index (χ0v) is 15.8. The van der Waals surface area contributed by atoms with Gasteiger partial charge in [-0.1, -0.05) is 26.7 Å². The summed E-state index contributed by atoms with van der Waals surface area (Å²) in [5.74, 6) is -0.0377. The summed E-state index contributed by atoms with van der Waals surface area (Å²) in [4.78, 5) is 26.2. The minimum Gasteiger partial charge on any atom is -0.354 e. The predicted octanol–water partition coefficient (Wildman–Crippen LogP) is 2.43. The Morgan fingerprint density at radius 2 is 1.92 bits per heavy atom. The summed E-state index contributed by atoms with van der Waals surface area (Å²) in [5, 5.41) is 13.1. The van der Waals surface area contributed by atoms with Gasteiger partial charge in [0.15, 0.2) is 0 Å². The second kappa shape index (κ2) is 8.87. The van der Waals surface area contributed by atoms with Crippen LogP contribution >= 0.6 is 0 Å². The van der Waals surface area contributed by atoms with Gasteiger partial charge in [0.05, 0.1) is 11.7 Å². The minimum atomic E-state index is -0.0642. The predicted molar refractivity (Wildman–Crippen MR) is 97.2 cm³/mol. The maximum absolute atomic E-state index is 12.7. The SMILES string of the molecule is Cc1n[nH]c(C)c1[C@H]1CCCCCN1C(=O)NCCNC(=O)C(C)C. The first-order valence-electron chi connectivity index (χ1n) is 9.25. The molecule has 25 heavy (non-hydrogen) atoms. The summed E-state index contributed by atoms with van der Waals surface area (Å²) in [6.45, 7) is 9.34. The van der Waals surface area contributed by atoms with Crippen LogP contribution in [0.15, 0.2) is 0 Å². The van der Waals surface area contributed by atoms with Gasteiger partial charge >= 0.3 is 6.03 Å². The molecule has 0 aromatic carbocycles. The number of hydrogen-bond donors (Lipinski definition) is 3. The number of hydrogen-bond acceptors (Lipinski definition) is 3. The highest BCUT2D eigenvalue weighted by molar-refractivity contribution is 5.78. The lowest BCUT2D eigenvalue weighted by atomic mass is 9.99. The summed E-state index contributed by atoms with van der Waals surface area (Å²) in [6.07, 6.45) is 4.23. The van der Waals surface area contributed by atoms with Crippen molar-refractivity contribution in [2.24, 2.45) is 5.92 Å². The first-order chi connectivity index (χ1) is 11.9. The molecule has 1 aliphatic heterocycles. The quantitative estimate of drug-likeness (QED) is 0.713. The highest BCUT2D eigenvalue weighted by Gasteiger charge is 2.29. The molecule has 1 fully saturated rings. The highest BCUT2D eigenvalue weighted by atomic mass is 16.2. The summed E-state index contributed by atoms with van der Waals surface area (Å²) >= 11 is 0. The van der Waals surface area contributed by atoms with Crippen LogP contribution in [0.2, 0.25) is 0 Å². The second-order valence-electron chi connectivity index (χ2n) is 7.08. The smallest absolute Gasteiger partial charge is 0.317 e. The highest BCUT2D eigenvalue weighted by Crippen LogP contribution is 2.33. The van der Waals surface area contributed by atoms with Gasteiger partial charge in [-0.05, 0) is 26.7 Å². The Hall–Kier alpha value is -2.05. The van der Waals surface area contributed by atoms with Gasteiger partial charge in [0, 0.05) is 36.8 Å². The van der Waals surface area contributed by atoms with E-state index in [1.54, 1.807) is 0 Å². The first-order valence-corrected chi connectivity index (χ1v) is 9.25. The zero-order valence-electron chi connectivity index (χ0n) is 15.8. The molecule has 1 aromatic rings. The molecule has 0 saturated carbocycles. The molecule has 2 rings (SSSR count). The molecule has 1 saturated heterocycles. The average molecular weight is 349 g/mol. The summed E-state index contributed by atoms with van der Waals surface area (Å²) < 4.78 is 0. The van der Waals surface area contributed by atoms with Crippen LogP contribution in [0.25, 0.3) is 0 Å². The number of aryl methyl sites for hydroxylation is 2. The van der Waals surface area contributed by atoms with Crippen molar-refractivity contribution in [3.05, 3.63) is 17.0 Å². The Morgan fingerprint density at radius 3 is 2.56 bits per heavy atom. The summed E-state index contributed by atoms with van der Waals surface area (Å²) in [5.41, 5.74) is 3.14. The normalized spacial score (nSPS) is 18.1. The van der Waals surface area contributed by atoms with Gasteiger partial charge in [0.25, 0.3) is 0 Å². The van der Waals surface area contributed by atoms with Gasteiger partial charge in [-0.3, -0.25) is 9.89 Å². The summed E-state index contributed by atoms with van der Waals surface area (Å²) in [6, 6.07) is -0.00259. The Bertz CT molecular complexity index is 577. The van der Waals surface area contributed by atoms with Crippen LogP contribution in [-0.2, 0) is 4.79 Å². The molecule has 2 heterocycles. The Balaban J connectivity index is 1.98. The van der Waals surface area contributed by atoms with Crippen molar-refractivity contribution in [1.29, 1.82) is 0 Å². The van der Waals surface area contributed by atoms with E-state index < -0.39 is 0 Å². The molecule has 0 aliphatic carbocycles. The van der Waals surface area contributed by atoms with Gasteiger partial charge in [-0.2, -0.15) is 5.10 Å². The van der Waals surface area contributed by atoms with Crippen LogP contribution in [0.1, 0.15) is 62.5 Å². The molecule has 7 nitrogen and oxygen atoms in total. The van der Waals surface area contributed by atoms with E-state index in [0.717, 1.165) is 49.2 Å². The third kappa shape index (κ3) is 4.96. The molecule has 0 bridgehead atoms. The maximum Gasteiger partial charge on any atom is 0.317 e. The number of nitrogens with zero attached hydrogens (tertiary/aromatic N) is 2. The molecule has 140 valence electrons. The van der Waals surface area contributed by atoms with Crippen molar-refractivity contribution in [1.82, 2.24) is 25.7 Å². The van der Waals surface area contributed by atoms with E-state index in [9.17, 15) is 9.59 Å². The van der Waals surface area contributed by atoms with E-state index in [2.05, 4.69) is 20.8 Å². The van der Waals surface area contributed by atoms with Gasteiger partial charge in [0.1, 0.15) is 0 Å². The fourth-order valence-corrected chi connectivity index (χ4v) is 3.36. The van der Waals surface area contributed by atoms with Crippen LogP contribution in [0.3, 0.4) is 0 Å². The molecule has 1 aromatic heterocycles. The van der Waals surface area contributed by atoms with Crippen LogP contribution in [0.4, 0.5) is 4.79 Å². The lowest BCUT2D eigenvalue weighted by Crippen LogP contribution is -2.45. The summed E-state index contributed by atoms with van der Waals surface area (Å²) in [7, 11) is 0. The number of rotatable bonds is 5. The molecular weight excluding hydrogens is 318 g/mol. The van der Waals surface area contributed by atoms with Crippen molar-refractivity contribution in [3.8, 4) is 0 Å². The maximum atomic E-state index is 12.7. The van der Waals surface area contributed by atoms with Crippen molar-refractivity contribution in [2.75, 3.05) is 19.6 Å². The molecule has 1 atom stereocenters. The number of aromatic amines is 1. The molecule has 3 N–H and O–H groups in total. The number of amides is 3. The van der Waals surface area contributed by atoms with Crippen molar-refractivity contribution in [2.45, 2.75) is 59.4 Å². The van der Waals surface area contributed by atoms with E-state index >= 15 is 0 Å². The van der Waals surface area contributed by atoms with Crippen molar-refractivity contribution < 1.29 is 9.59 Å². The first kappa shape index (κ1) is 19.3. The minimum absolute atomic E-state index is 0.00606. The van der Waals surface area contributed by atoms with Crippen molar-refractivity contribution >= 4 is 11.9 Å². The number of likely N-dealkylation sites (tertiary alicyclic amines) is 1. The van der Waals surface area contributed by atoms with Crippen LogP contribution in [0.5, 0.6) is 0 Å². The number of carbonyl (C=O) groups is 2. The number of carbonyl (C=O) groups excluding carboxylic acids is 2. The lowest BCUT2D eigenvalue weighted by Gasteiger charge is -2.30. The molecule has 7 heteroatoms. The van der Waals surface area contributed by atoms with Crippen LogP contribution < -0.4 is 10.6 Å².